The van der Waals surface area contributed by atoms with E-state index in [4.69, 9.17) is 5.73 Å². The molecular weight excluding hydrogens is 365 g/mol. The molecule has 4 nitrogen and oxygen atoms in total. The molecule has 1 atom stereocenters. The Morgan fingerprint density at radius 2 is 2.04 bits per heavy atom. The van der Waals surface area contributed by atoms with Gasteiger partial charge in [0.15, 0.2) is 0 Å². The van der Waals surface area contributed by atoms with Crippen molar-refractivity contribution in [3.8, 4) is 0 Å². The molecule has 1 aliphatic heterocycles. The molecule has 3 rings (SSSR count). The monoisotopic (exact) mass is 387 g/mol. The van der Waals surface area contributed by atoms with Crippen molar-refractivity contribution in [2.24, 2.45) is 11.7 Å². The fourth-order valence-electron chi connectivity index (χ4n) is 2.80. The molecule has 0 aliphatic carbocycles. The van der Waals surface area contributed by atoms with E-state index in [1.807, 2.05) is 28.5 Å². The van der Waals surface area contributed by atoms with Crippen LogP contribution in [0.15, 0.2) is 35.7 Å². The highest BCUT2D eigenvalue weighted by molar-refractivity contribution is 7.09. The van der Waals surface area contributed by atoms with E-state index in [1.54, 1.807) is 11.3 Å². The van der Waals surface area contributed by atoms with Gasteiger partial charge in [-0.25, -0.2) is 4.98 Å². The Bertz CT molecular complexity index is 636. The van der Waals surface area contributed by atoms with Crippen LogP contribution in [0.3, 0.4) is 0 Å². The van der Waals surface area contributed by atoms with Crippen molar-refractivity contribution in [3.05, 3.63) is 52.0 Å². The standard InChI is InChI=1S/C17H21N3OS.2ClH/c18-10-14-6-7-20(11-14)17(21)9-15-12-22-16(19-15)8-13-4-2-1-3-5-13;;/h1-5,12,14H,6-11,18H2;2*1H. The van der Waals surface area contributed by atoms with E-state index in [2.05, 4.69) is 17.1 Å². The Hall–Kier alpha value is -1.14. The van der Waals surface area contributed by atoms with Crippen molar-refractivity contribution in [2.45, 2.75) is 19.3 Å². The number of rotatable bonds is 5. The van der Waals surface area contributed by atoms with Crippen molar-refractivity contribution in [1.29, 1.82) is 0 Å². The zero-order chi connectivity index (χ0) is 15.4. The van der Waals surface area contributed by atoms with Crippen molar-refractivity contribution < 1.29 is 4.79 Å². The SMILES string of the molecule is Cl.Cl.NCC1CCN(C(=O)Cc2csc(Cc3ccccc3)n2)C1. The number of thiazole rings is 1. The van der Waals surface area contributed by atoms with Gasteiger partial charge in [-0.3, -0.25) is 4.79 Å². The van der Waals surface area contributed by atoms with Crippen LogP contribution in [0, 0.1) is 5.92 Å². The lowest BCUT2D eigenvalue weighted by molar-refractivity contribution is -0.129. The number of nitrogens with zero attached hydrogens (tertiary/aromatic N) is 2. The molecule has 24 heavy (non-hydrogen) atoms. The number of nitrogens with two attached hydrogens (primary N) is 1. The summed E-state index contributed by atoms with van der Waals surface area (Å²) in [4.78, 5) is 18.8. The van der Waals surface area contributed by atoms with Gasteiger partial charge >= 0.3 is 0 Å². The lowest BCUT2D eigenvalue weighted by atomic mass is 10.1. The highest BCUT2D eigenvalue weighted by Crippen LogP contribution is 2.18. The molecule has 0 bridgehead atoms. The molecule has 2 N–H and O–H groups in total. The third-order valence-corrected chi connectivity index (χ3v) is 5.00. The van der Waals surface area contributed by atoms with Gasteiger partial charge in [0, 0.05) is 24.9 Å². The van der Waals surface area contributed by atoms with Crippen molar-refractivity contribution in [1.82, 2.24) is 9.88 Å². The van der Waals surface area contributed by atoms with E-state index in [-0.39, 0.29) is 30.7 Å². The van der Waals surface area contributed by atoms with E-state index >= 15 is 0 Å². The number of halogens is 2. The highest BCUT2D eigenvalue weighted by atomic mass is 35.5. The van der Waals surface area contributed by atoms with Crippen LogP contribution < -0.4 is 5.73 Å². The van der Waals surface area contributed by atoms with Crippen LogP contribution in [0.1, 0.15) is 22.7 Å². The Balaban J connectivity index is 0.00000144. The van der Waals surface area contributed by atoms with Gasteiger partial charge in [0.1, 0.15) is 0 Å². The van der Waals surface area contributed by atoms with Gasteiger partial charge in [0.2, 0.25) is 5.91 Å². The normalized spacial score (nSPS) is 16.4. The summed E-state index contributed by atoms with van der Waals surface area (Å²) in [6, 6.07) is 10.3. The van der Waals surface area contributed by atoms with Gasteiger partial charge in [-0.15, -0.1) is 36.2 Å². The van der Waals surface area contributed by atoms with Gasteiger partial charge in [0.25, 0.3) is 0 Å². The summed E-state index contributed by atoms with van der Waals surface area (Å²) < 4.78 is 0. The number of hydrogen-bond donors (Lipinski definition) is 1. The number of aromatic nitrogens is 1. The van der Waals surface area contributed by atoms with E-state index in [0.717, 1.165) is 36.6 Å². The third kappa shape index (κ3) is 5.45. The van der Waals surface area contributed by atoms with Gasteiger partial charge in [-0.2, -0.15) is 0 Å². The van der Waals surface area contributed by atoms with E-state index in [1.165, 1.54) is 5.56 Å². The number of hydrogen-bond acceptors (Lipinski definition) is 4. The number of carbonyl (C=O) groups is 1. The molecule has 7 heteroatoms. The summed E-state index contributed by atoms with van der Waals surface area (Å²) in [6.45, 7) is 2.31. The molecule has 1 amide bonds. The zero-order valence-corrected chi connectivity index (χ0v) is 15.8. The van der Waals surface area contributed by atoms with Crippen LogP contribution in [-0.4, -0.2) is 35.4 Å². The average Bonchev–Trinajstić information content (AvgIpc) is 3.17. The van der Waals surface area contributed by atoms with Gasteiger partial charge < -0.3 is 10.6 Å². The Labute approximate surface area is 159 Å². The lowest BCUT2D eigenvalue weighted by Crippen LogP contribution is -2.31. The molecule has 1 fully saturated rings. The first-order valence-electron chi connectivity index (χ1n) is 7.69. The molecule has 0 saturated carbocycles. The van der Waals surface area contributed by atoms with Crippen LogP contribution in [0.5, 0.6) is 0 Å². The van der Waals surface area contributed by atoms with Crippen LogP contribution in [0.2, 0.25) is 0 Å². The Morgan fingerprint density at radius 1 is 1.29 bits per heavy atom. The first-order chi connectivity index (χ1) is 10.7. The van der Waals surface area contributed by atoms with E-state index < -0.39 is 0 Å². The number of benzene rings is 1. The second kappa shape index (κ2) is 9.99. The smallest absolute Gasteiger partial charge is 0.228 e. The molecule has 1 aliphatic rings. The predicted molar refractivity (Wildman–Crippen MR) is 103 cm³/mol. The van der Waals surface area contributed by atoms with Crippen LogP contribution in [-0.2, 0) is 17.6 Å². The summed E-state index contributed by atoms with van der Waals surface area (Å²) in [5.41, 5.74) is 7.81. The fourth-order valence-corrected chi connectivity index (χ4v) is 3.63. The van der Waals surface area contributed by atoms with Crippen molar-refractivity contribution >= 4 is 42.1 Å². The largest absolute Gasteiger partial charge is 0.342 e. The number of likely N-dealkylation sites (tertiary alicyclic amines) is 1. The van der Waals surface area contributed by atoms with Gasteiger partial charge in [-0.1, -0.05) is 30.3 Å². The van der Waals surface area contributed by atoms with Crippen LogP contribution in [0.25, 0.3) is 0 Å². The second-order valence-electron chi connectivity index (χ2n) is 5.80. The summed E-state index contributed by atoms with van der Waals surface area (Å²) in [5.74, 6) is 0.639. The molecule has 1 saturated heterocycles. The third-order valence-electron chi connectivity index (χ3n) is 4.10. The first-order valence-corrected chi connectivity index (χ1v) is 8.57. The van der Waals surface area contributed by atoms with E-state index in [0.29, 0.717) is 18.9 Å². The minimum absolute atomic E-state index is 0. The zero-order valence-electron chi connectivity index (χ0n) is 13.4. The van der Waals surface area contributed by atoms with E-state index in [9.17, 15) is 4.79 Å². The Morgan fingerprint density at radius 3 is 2.71 bits per heavy atom. The van der Waals surface area contributed by atoms with Gasteiger partial charge in [-0.05, 0) is 24.4 Å². The average molecular weight is 388 g/mol. The van der Waals surface area contributed by atoms with Crippen LogP contribution >= 0.6 is 36.2 Å². The maximum absolute atomic E-state index is 12.3. The minimum atomic E-state index is 0. The summed E-state index contributed by atoms with van der Waals surface area (Å²) in [5, 5.41) is 3.07. The highest BCUT2D eigenvalue weighted by Gasteiger charge is 2.25. The number of carbonyl (C=O) groups excluding carboxylic acids is 1. The molecule has 2 aromatic rings. The van der Waals surface area contributed by atoms with Crippen molar-refractivity contribution in [3.63, 3.8) is 0 Å². The molecule has 1 aromatic carbocycles. The summed E-state index contributed by atoms with van der Waals surface area (Å²) >= 11 is 1.63. The predicted octanol–water partition coefficient (Wildman–Crippen LogP) is 2.93. The molecule has 132 valence electrons. The fraction of sp³-hybridized carbons (Fsp3) is 0.412. The summed E-state index contributed by atoms with van der Waals surface area (Å²) in [7, 11) is 0. The maximum Gasteiger partial charge on any atom is 0.228 e. The Kier molecular flexibility index (Phi) is 8.70. The number of amides is 1. The molecule has 1 aromatic heterocycles. The molecule has 2 heterocycles. The minimum Gasteiger partial charge on any atom is -0.342 e. The lowest BCUT2D eigenvalue weighted by Gasteiger charge is -2.15. The van der Waals surface area contributed by atoms with Gasteiger partial charge in [0.05, 0.1) is 17.1 Å². The summed E-state index contributed by atoms with van der Waals surface area (Å²) in [6.07, 6.45) is 2.26. The molecular formula is C17H23Cl2N3OS. The molecule has 0 radical (unpaired) electrons. The maximum atomic E-state index is 12.3. The quantitative estimate of drug-likeness (QED) is 0.857. The first kappa shape index (κ1) is 20.9. The molecule has 0 spiro atoms. The second-order valence-corrected chi connectivity index (χ2v) is 6.74. The van der Waals surface area contributed by atoms with Crippen LogP contribution in [0.4, 0.5) is 0 Å². The topological polar surface area (TPSA) is 59.2 Å². The van der Waals surface area contributed by atoms with Crippen molar-refractivity contribution in [2.75, 3.05) is 19.6 Å². The molecule has 1 unspecified atom stereocenters.